The molecule has 2 aromatic heterocycles. The molecular weight excluding hydrogens is 274 g/mol. The molecule has 0 fully saturated rings. The normalized spacial score (nSPS) is 13.1. The topological polar surface area (TPSA) is 37.8 Å². The standard InChI is InChI=1S/C13H11F4N3/c1-8(9-4-11(14)7-18-5-9)20-12-3-2-10(6-19-12)13(15,16)17/h2-8H,1H3,(H,19,20)/t8-/m0/s1. The molecule has 7 heteroatoms. The molecule has 0 aliphatic heterocycles. The van der Waals surface area contributed by atoms with Gasteiger partial charge in [-0.3, -0.25) is 4.98 Å². The van der Waals surface area contributed by atoms with Gasteiger partial charge in [-0.15, -0.1) is 0 Å². The van der Waals surface area contributed by atoms with E-state index >= 15 is 0 Å². The van der Waals surface area contributed by atoms with Crippen LogP contribution >= 0.6 is 0 Å². The Balaban J connectivity index is 2.10. The maximum atomic E-state index is 13.0. The fourth-order valence-corrected chi connectivity index (χ4v) is 1.62. The molecule has 0 saturated heterocycles. The van der Waals surface area contributed by atoms with Crippen LogP contribution < -0.4 is 5.32 Å². The number of hydrogen-bond donors (Lipinski definition) is 1. The average molecular weight is 285 g/mol. The monoisotopic (exact) mass is 285 g/mol. The number of halogens is 4. The van der Waals surface area contributed by atoms with Crippen LogP contribution in [0.4, 0.5) is 23.4 Å². The van der Waals surface area contributed by atoms with Gasteiger partial charge in [0.1, 0.15) is 11.6 Å². The van der Waals surface area contributed by atoms with Crippen molar-refractivity contribution in [3.8, 4) is 0 Å². The quantitative estimate of drug-likeness (QED) is 0.871. The van der Waals surface area contributed by atoms with Gasteiger partial charge in [-0.1, -0.05) is 0 Å². The van der Waals surface area contributed by atoms with E-state index in [0.717, 1.165) is 18.5 Å². The first kappa shape index (κ1) is 14.2. The molecule has 0 aliphatic carbocycles. The lowest BCUT2D eigenvalue weighted by Gasteiger charge is -2.15. The highest BCUT2D eigenvalue weighted by atomic mass is 19.4. The Kier molecular flexibility index (Phi) is 3.87. The molecule has 0 unspecified atom stereocenters. The molecule has 0 amide bonds. The van der Waals surface area contributed by atoms with Crippen LogP contribution in [0.15, 0.2) is 36.8 Å². The third-order valence-electron chi connectivity index (χ3n) is 2.68. The fraction of sp³-hybridized carbons (Fsp3) is 0.231. The summed E-state index contributed by atoms with van der Waals surface area (Å²) in [6.45, 7) is 1.73. The first-order chi connectivity index (χ1) is 9.36. The minimum Gasteiger partial charge on any atom is -0.363 e. The van der Waals surface area contributed by atoms with E-state index in [4.69, 9.17) is 0 Å². The minimum atomic E-state index is -4.41. The van der Waals surface area contributed by atoms with Crippen LogP contribution in [0.1, 0.15) is 24.1 Å². The van der Waals surface area contributed by atoms with Crippen LogP contribution in [-0.2, 0) is 6.18 Å². The number of alkyl halides is 3. The molecule has 20 heavy (non-hydrogen) atoms. The smallest absolute Gasteiger partial charge is 0.363 e. The van der Waals surface area contributed by atoms with Crippen molar-refractivity contribution in [2.24, 2.45) is 0 Å². The van der Waals surface area contributed by atoms with E-state index in [0.29, 0.717) is 5.56 Å². The summed E-state index contributed by atoms with van der Waals surface area (Å²) in [5.74, 6) is -0.203. The molecule has 0 spiro atoms. The van der Waals surface area contributed by atoms with Crippen LogP contribution in [0.5, 0.6) is 0 Å². The number of hydrogen-bond acceptors (Lipinski definition) is 3. The van der Waals surface area contributed by atoms with E-state index in [1.165, 1.54) is 18.3 Å². The SMILES string of the molecule is C[C@H](Nc1ccc(C(F)(F)F)cn1)c1cncc(F)c1. The Labute approximate surface area is 112 Å². The van der Waals surface area contributed by atoms with Crippen molar-refractivity contribution in [3.05, 3.63) is 53.7 Å². The Morgan fingerprint density at radius 1 is 1.15 bits per heavy atom. The molecule has 0 aromatic carbocycles. The molecular formula is C13H11F4N3. The molecule has 2 heterocycles. The summed E-state index contributed by atoms with van der Waals surface area (Å²) in [4.78, 5) is 7.40. The zero-order valence-electron chi connectivity index (χ0n) is 10.4. The van der Waals surface area contributed by atoms with E-state index in [1.807, 2.05) is 0 Å². The second-order valence-electron chi connectivity index (χ2n) is 4.23. The predicted octanol–water partition coefficient (Wildman–Crippen LogP) is 3.81. The van der Waals surface area contributed by atoms with E-state index < -0.39 is 17.6 Å². The molecule has 2 aromatic rings. The molecule has 1 atom stereocenters. The fourth-order valence-electron chi connectivity index (χ4n) is 1.62. The summed E-state index contributed by atoms with van der Waals surface area (Å²) in [5.41, 5.74) is -0.241. The summed E-state index contributed by atoms with van der Waals surface area (Å²) in [5, 5.41) is 2.88. The van der Waals surface area contributed by atoms with Crippen molar-refractivity contribution >= 4 is 5.82 Å². The highest BCUT2D eigenvalue weighted by molar-refractivity contribution is 5.39. The Morgan fingerprint density at radius 2 is 1.90 bits per heavy atom. The van der Waals surface area contributed by atoms with Gasteiger partial charge in [0.2, 0.25) is 0 Å². The van der Waals surface area contributed by atoms with Crippen molar-refractivity contribution in [1.29, 1.82) is 0 Å². The van der Waals surface area contributed by atoms with Gasteiger partial charge in [-0.05, 0) is 30.7 Å². The summed E-state index contributed by atoms with van der Waals surface area (Å²) < 4.78 is 50.2. The van der Waals surface area contributed by atoms with Crippen LogP contribution in [-0.4, -0.2) is 9.97 Å². The molecule has 2 rings (SSSR count). The number of rotatable bonds is 3. The highest BCUT2D eigenvalue weighted by Crippen LogP contribution is 2.29. The molecule has 0 saturated carbocycles. The van der Waals surface area contributed by atoms with Crippen molar-refractivity contribution in [2.75, 3.05) is 5.32 Å². The largest absolute Gasteiger partial charge is 0.417 e. The summed E-state index contributed by atoms with van der Waals surface area (Å²) in [6.07, 6.45) is -1.11. The van der Waals surface area contributed by atoms with Crippen LogP contribution in [0.3, 0.4) is 0 Å². The van der Waals surface area contributed by atoms with E-state index in [2.05, 4.69) is 15.3 Å². The number of aromatic nitrogens is 2. The zero-order valence-corrected chi connectivity index (χ0v) is 10.4. The van der Waals surface area contributed by atoms with Crippen LogP contribution in [0.25, 0.3) is 0 Å². The number of pyridine rings is 2. The van der Waals surface area contributed by atoms with E-state index in [9.17, 15) is 17.6 Å². The van der Waals surface area contributed by atoms with Crippen LogP contribution in [0.2, 0.25) is 0 Å². The average Bonchev–Trinajstić information content (AvgIpc) is 2.38. The third kappa shape index (κ3) is 3.43. The zero-order chi connectivity index (χ0) is 14.8. The van der Waals surface area contributed by atoms with Gasteiger partial charge in [-0.2, -0.15) is 13.2 Å². The predicted molar refractivity (Wildman–Crippen MR) is 65.5 cm³/mol. The minimum absolute atomic E-state index is 0.273. The Hall–Kier alpha value is -2.18. The van der Waals surface area contributed by atoms with E-state index in [1.54, 1.807) is 6.92 Å². The number of nitrogens with one attached hydrogen (secondary N) is 1. The lowest BCUT2D eigenvalue weighted by Crippen LogP contribution is -2.10. The second-order valence-corrected chi connectivity index (χ2v) is 4.23. The maximum Gasteiger partial charge on any atom is 0.417 e. The third-order valence-corrected chi connectivity index (χ3v) is 2.68. The number of anilines is 1. The molecule has 3 nitrogen and oxygen atoms in total. The van der Waals surface area contributed by atoms with E-state index in [-0.39, 0.29) is 11.9 Å². The van der Waals surface area contributed by atoms with Gasteiger partial charge in [-0.25, -0.2) is 9.37 Å². The van der Waals surface area contributed by atoms with Gasteiger partial charge in [0, 0.05) is 12.4 Å². The second kappa shape index (κ2) is 5.44. The first-order valence-electron chi connectivity index (χ1n) is 5.76. The Bertz CT molecular complexity index is 581. The number of nitrogens with zero attached hydrogens (tertiary/aromatic N) is 2. The first-order valence-corrected chi connectivity index (χ1v) is 5.76. The Morgan fingerprint density at radius 3 is 2.45 bits per heavy atom. The van der Waals surface area contributed by atoms with Crippen molar-refractivity contribution < 1.29 is 17.6 Å². The van der Waals surface area contributed by atoms with Crippen molar-refractivity contribution in [2.45, 2.75) is 19.1 Å². The molecule has 0 bridgehead atoms. The molecule has 1 N–H and O–H groups in total. The summed E-state index contributed by atoms with van der Waals surface area (Å²) >= 11 is 0. The van der Waals surface area contributed by atoms with Gasteiger partial charge < -0.3 is 5.32 Å². The van der Waals surface area contributed by atoms with Gasteiger partial charge in [0.25, 0.3) is 0 Å². The van der Waals surface area contributed by atoms with Gasteiger partial charge in [0.15, 0.2) is 0 Å². The van der Waals surface area contributed by atoms with Gasteiger partial charge >= 0.3 is 6.18 Å². The lowest BCUT2D eigenvalue weighted by atomic mass is 10.1. The molecule has 0 radical (unpaired) electrons. The van der Waals surface area contributed by atoms with Gasteiger partial charge in [0.05, 0.1) is 17.8 Å². The van der Waals surface area contributed by atoms with Crippen LogP contribution in [0, 0.1) is 5.82 Å². The summed E-state index contributed by atoms with van der Waals surface area (Å²) in [6, 6.07) is 3.13. The molecule has 0 aliphatic rings. The molecule has 106 valence electrons. The van der Waals surface area contributed by atoms with Crippen molar-refractivity contribution in [1.82, 2.24) is 9.97 Å². The highest BCUT2D eigenvalue weighted by Gasteiger charge is 2.30. The van der Waals surface area contributed by atoms with Crippen molar-refractivity contribution in [3.63, 3.8) is 0 Å². The summed E-state index contributed by atoms with van der Waals surface area (Å²) in [7, 11) is 0. The lowest BCUT2D eigenvalue weighted by molar-refractivity contribution is -0.137. The maximum absolute atomic E-state index is 13.0.